The van der Waals surface area contributed by atoms with Gasteiger partial charge in [0.25, 0.3) is 0 Å². The van der Waals surface area contributed by atoms with E-state index in [9.17, 15) is 0 Å². The zero-order valence-electron chi connectivity index (χ0n) is 15.2. The van der Waals surface area contributed by atoms with Crippen LogP contribution in [0.2, 0.25) is 0 Å². The average molecular weight is 333 g/mol. The third-order valence-electron chi connectivity index (χ3n) is 4.77. The van der Waals surface area contributed by atoms with Crippen LogP contribution in [0.4, 0.5) is 0 Å². The predicted molar refractivity (Wildman–Crippen MR) is 98.6 cm³/mol. The van der Waals surface area contributed by atoms with Crippen molar-refractivity contribution in [1.82, 2.24) is 10.6 Å². The Morgan fingerprint density at radius 3 is 2.75 bits per heavy atom. The molecule has 2 N–H and O–H groups in total. The van der Waals surface area contributed by atoms with Crippen molar-refractivity contribution in [3.8, 4) is 5.75 Å². The molecule has 0 aromatic heterocycles. The third-order valence-corrected chi connectivity index (χ3v) is 4.77. The van der Waals surface area contributed by atoms with Gasteiger partial charge in [-0.1, -0.05) is 18.6 Å². The van der Waals surface area contributed by atoms with E-state index in [4.69, 9.17) is 9.47 Å². The summed E-state index contributed by atoms with van der Waals surface area (Å²) in [5.74, 6) is 1.76. The van der Waals surface area contributed by atoms with Crippen molar-refractivity contribution in [3.63, 3.8) is 0 Å². The molecular weight excluding hydrogens is 302 g/mol. The van der Waals surface area contributed by atoms with Crippen LogP contribution in [0.15, 0.2) is 29.3 Å². The molecule has 0 amide bonds. The molecule has 1 aromatic rings. The Morgan fingerprint density at radius 2 is 2.12 bits per heavy atom. The van der Waals surface area contributed by atoms with Crippen LogP contribution in [0.1, 0.15) is 38.2 Å². The Bertz CT molecular complexity index is 527. The van der Waals surface area contributed by atoms with Crippen LogP contribution < -0.4 is 15.4 Å². The van der Waals surface area contributed by atoms with Crippen LogP contribution in [0.25, 0.3) is 0 Å². The Labute approximate surface area is 145 Å². The van der Waals surface area contributed by atoms with Crippen LogP contribution in [0, 0.1) is 5.41 Å². The second-order valence-electron chi connectivity index (χ2n) is 6.46. The molecule has 1 aliphatic rings. The van der Waals surface area contributed by atoms with Crippen molar-refractivity contribution < 1.29 is 9.47 Å². The molecule has 0 radical (unpaired) electrons. The van der Waals surface area contributed by atoms with Crippen LogP contribution >= 0.6 is 0 Å². The number of hydrogen-bond acceptors (Lipinski definition) is 3. The molecule has 0 spiro atoms. The van der Waals surface area contributed by atoms with Gasteiger partial charge in [-0.3, -0.25) is 4.99 Å². The van der Waals surface area contributed by atoms with Crippen LogP contribution in [0.5, 0.6) is 5.75 Å². The van der Waals surface area contributed by atoms with E-state index >= 15 is 0 Å². The summed E-state index contributed by atoms with van der Waals surface area (Å²) in [6, 6.07) is 8.16. The number of guanidine groups is 1. The molecule has 0 aliphatic heterocycles. The maximum Gasteiger partial charge on any atom is 0.191 e. The van der Waals surface area contributed by atoms with Crippen molar-refractivity contribution in [2.24, 2.45) is 10.4 Å². The van der Waals surface area contributed by atoms with Gasteiger partial charge in [0.1, 0.15) is 5.75 Å². The molecule has 0 heterocycles. The van der Waals surface area contributed by atoms with E-state index < -0.39 is 0 Å². The minimum atomic E-state index is 0.377. The normalized spacial score (nSPS) is 16.4. The quantitative estimate of drug-likeness (QED) is 0.539. The largest absolute Gasteiger partial charge is 0.494 e. The maximum absolute atomic E-state index is 5.55. The summed E-state index contributed by atoms with van der Waals surface area (Å²) in [5, 5.41) is 6.87. The van der Waals surface area contributed by atoms with Gasteiger partial charge >= 0.3 is 0 Å². The zero-order valence-corrected chi connectivity index (χ0v) is 15.2. The van der Waals surface area contributed by atoms with Gasteiger partial charge < -0.3 is 20.1 Å². The summed E-state index contributed by atoms with van der Waals surface area (Å²) in [7, 11) is 3.59. The lowest BCUT2D eigenvalue weighted by Gasteiger charge is -2.42. The highest BCUT2D eigenvalue weighted by molar-refractivity contribution is 5.79. The van der Waals surface area contributed by atoms with E-state index in [1.165, 1.54) is 24.8 Å². The topological polar surface area (TPSA) is 54.9 Å². The van der Waals surface area contributed by atoms with E-state index in [0.29, 0.717) is 12.0 Å². The van der Waals surface area contributed by atoms with Gasteiger partial charge in [-0.2, -0.15) is 0 Å². The van der Waals surface area contributed by atoms with Crippen molar-refractivity contribution in [1.29, 1.82) is 0 Å². The fourth-order valence-electron chi connectivity index (χ4n) is 3.10. The fraction of sp³-hybridized carbons (Fsp3) is 0.632. The van der Waals surface area contributed by atoms with Crippen molar-refractivity contribution in [2.45, 2.75) is 39.2 Å². The van der Waals surface area contributed by atoms with E-state index in [-0.39, 0.29) is 0 Å². The molecule has 0 saturated heterocycles. The molecule has 5 heteroatoms. The SMILES string of the molecule is CCOc1cccc(CNC(=NC)NCC2(CCOC)CCC2)c1. The second-order valence-corrected chi connectivity index (χ2v) is 6.46. The summed E-state index contributed by atoms with van der Waals surface area (Å²) in [4.78, 5) is 4.34. The summed E-state index contributed by atoms with van der Waals surface area (Å²) in [6.45, 7) is 5.19. The van der Waals surface area contributed by atoms with E-state index in [0.717, 1.165) is 37.8 Å². The molecule has 1 aliphatic carbocycles. The summed E-state index contributed by atoms with van der Waals surface area (Å²) in [5.41, 5.74) is 1.56. The minimum Gasteiger partial charge on any atom is -0.494 e. The van der Waals surface area contributed by atoms with Gasteiger partial charge in [0.2, 0.25) is 0 Å². The van der Waals surface area contributed by atoms with Crippen molar-refractivity contribution >= 4 is 5.96 Å². The van der Waals surface area contributed by atoms with Crippen LogP contribution in [-0.2, 0) is 11.3 Å². The number of rotatable bonds is 9. The first-order valence-electron chi connectivity index (χ1n) is 8.86. The molecule has 0 unspecified atom stereocenters. The van der Waals surface area contributed by atoms with E-state index in [1.54, 1.807) is 7.11 Å². The van der Waals surface area contributed by atoms with Gasteiger partial charge in [0.15, 0.2) is 5.96 Å². The number of nitrogens with zero attached hydrogens (tertiary/aromatic N) is 1. The molecule has 2 rings (SSSR count). The number of aliphatic imine (C=N–C) groups is 1. The smallest absolute Gasteiger partial charge is 0.191 e. The first-order chi connectivity index (χ1) is 11.7. The van der Waals surface area contributed by atoms with E-state index in [1.807, 2.05) is 26.1 Å². The molecule has 0 bridgehead atoms. The Morgan fingerprint density at radius 1 is 1.29 bits per heavy atom. The molecular formula is C19H31N3O2. The first-order valence-corrected chi connectivity index (χ1v) is 8.86. The monoisotopic (exact) mass is 333 g/mol. The summed E-state index contributed by atoms with van der Waals surface area (Å²) < 4.78 is 10.8. The van der Waals surface area contributed by atoms with E-state index in [2.05, 4.69) is 27.8 Å². The number of ether oxygens (including phenoxy) is 2. The van der Waals surface area contributed by atoms with Gasteiger partial charge in [0.05, 0.1) is 6.61 Å². The lowest BCUT2D eigenvalue weighted by atomic mass is 9.67. The van der Waals surface area contributed by atoms with Gasteiger partial charge in [0, 0.05) is 33.9 Å². The molecule has 5 nitrogen and oxygen atoms in total. The molecule has 1 fully saturated rings. The molecule has 1 aromatic carbocycles. The number of hydrogen-bond donors (Lipinski definition) is 2. The summed E-state index contributed by atoms with van der Waals surface area (Å²) >= 11 is 0. The standard InChI is InChI=1S/C19H31N3O2/c1-4-24-17-8-5-7-16(13-17)14-21-18(20-2)22-15-19(9-6-10-19)11-12-23-3/h5,7-8,13H,4,6,9-12,14-15H2,1-3H3,(H2,20,21,22). The molecule has 134 valence electrons. The predicted octanol–water partition coefficient (Wildman–Crippen LogP) is 2.96. The maximum atomic E-state index is 5.55. The Hall–Kier alpha value is -1.75. The Balaban J connectivity index is 1.81. The zero-order chi connectivity index (χ0) is 17.3. The number of methoxy groups -OCH3 is 1. The highest BCUT2D eigenvalue weighted by Gasteiger charge is 2.36. The molecule has 0 atom stereocenters. The fourth-order valence-corrected chi connectivity index (χ4v) is 3.10. The number of nitrogens with one attached hydrogen (secondary N) is 2. The highest BCUT2D eigenvalue weighted by atomic mass is 16.5. The van der Waals surface area contributed by atoms with Crippen LogP contribution in [-0.4, -0.2) is 39.9 Å². The lowest BCUT2D eigenvalue weighted by Crippen LogP contribution is -2.46. The van der Waals surface area contributed by atoms with Gasteiger partial charge in [-0.05, 0) is 49.3 Å². The Kier molecular flexibility index (Phi) is 7.37. The van der Waals surface area contributed by atoms with Crippen molar-refractivity contribution in [2.75, 3.05) is 33.9 Å². The first kappa shape index (κ1) is 18.6. The third kappa shape index (κ3) is 5.41. The van der Waals surface area contributed by atoms with Gasteiger partial charge in [-0.15, -0.1) is 0 Å². The van der Waals surface area contributed by atoms with Crippen molar-refractivity contribution in [3.05, 3.63) is 29.8 Å². The molecule has 1 saturated carbocycles. The lowest BCUT2D eigenvalue weighted by molar-refractivity contribution is 0.0732. The van der Waals surface area contributed by atoms with Gasteiger partial charge in [-0.25, -0.2) is 0 Å². The summed E-state index contributed by atoms with van der Waals surface area (Å²) in [6.07, 6.45) is 4.99. The minimum absolute atomic E-state index is 0.377. The highest BCUT2D eigenvalue weighted by Crippen LogP contribution is 2.43. The van der Waals surface area contributed by atoms with Crippen LogP contribution in [0.3, 0.4) is 0 Å². The molecule has 24 heavy (non-hydrogen) atoms. The average Bonchev–Trinajstić information content (AvgIpc) is 2.57. The second kappa shape index (κ2) is 9.52. The number of benzene rings is 1.